The SMILES string of the molecule is CCC1CCCC(N=C2NC3(CCCCC3)CS2)C1. The third kappa shape index (κ3) is 3.29. The van der Waals surface area contributed by atoms with Crippen molar-refractivity contribution in [2.45, 2.75) is 82.7 Å². The maximum absolute atomic E-state index is 5.05. The largest absolute Gasteiger partial charge is 0.359 e. The molecule has 3 heteroatoms. The van der Waals surface area contributed by atoms with E-state index in [0.717, 1.165) is 5.92 Å². The second kappa shape index (κ2) is 6.07. The van der Waals surface area contributed by atoms with Crippen LogP contribution in [-0.2, 0) is 0 Å². The summed E-state index contributed by atoms with van der Waals surface area (Å²) in [5.41, 5.74) is 0.417. The lowest BCUT2D eigenvalue weighted by Gasteiger charge is -2.33. The van der Waals surface area contributed by atoms with Gasteiger partial charge in [0.1, 0.15) is 0 Å². The van der Waals surface area contributed by atoms with Gasteiger partial charge in [0.25, 0.3) is 0 Å². The number of hydrogen-bond acceptors (Lipinski definition) is 2. The fraction of sp³-hybridized carbons (Fsp3) is 0.938. The van der Waals surface area contributed by atoms with Gasteiger partial charge in [0.05, 0.1) is 6.04 Å². The molecule has 0 bridgehead atoms. The topological polar surface area (TPSA) is 24.4 Å². The molecule has 2 aliphatic carbocycles. The fourth-order valence-electron chi connectivity index (χ4n) is 3.99. The molecule has 1 heterocycles. The number of rotatable bonds is 2. The van der Waals surface area contributed by atoms with Gasteiger partial charge < -0.3 is 5.32 Å². The van der Waals surface area contributed by atoms with Crippen molar-refractivity contribution >= 4 is 16.9 Å². The third-order valence-electron chi connectivity index (χ3n) is 5.30. The maximum Gasteiger partial charge on any atom is 0.157 e. The predicted molar refractivity (Wildman–Crippen MR) is 84.9 cm³/mol. The Hall–Kier alpha value is -0.180. The average molecular weight is 280 g/mol. The monoisotopic (exact) mass is 280 g/mol. The van der Waals surface area contributed by atoms with E-state index in [9.17, 15) is 0 Å². The lowest BCUT2D eigenvalue weighted by Crippen LogP contribution is -2.45. The molecule has 1 N–H and O–H groups in total. The highest BCUT2D eigenvalue weighted by Gasteiger charge is 2.38. The van der Waals surface area contributed by atoms with E-state index < -0.39 is 0 Å². The molecule has 2 nitrogen and oxygen atoms in total. The Morgan fingerprint density at radius 3 is 2.84 bits per heavy atom. The van der Waals surface area contributed by atoms with E-state index >= 15 is 0 Å². The van der Waals surface area contributed by atoms with Crippen LogP contribution in [0.1, 0.15) is 71.1 Å². The van der Waals surface area contributed by atoms with Crippen LogP contribution in [0.2, 0.25) is 0 Å². The zero-order valence-electron chi connectivity index (χ0n) is 12.3. The summed E-state index contributed by atoms with van der Waals surface area (Å²) in [6.07, 6.45) is 13.8. The first-order valence-corrected chi connectivity index (χ1v) is 9.27. The number of aliphatic imine (C=N–C) groups is 1. The van der Waals surface area contributed by atoms with E-state index in [0.29, 0.717) is 11.6 Å². The summed E-state index contributed by atoms with van der Waals surface area (Å²) in [7, 11) is 0. The van der Waals surface area contributed by atoms with Gasteiger partial charge in [-0.2, -0.15) is 0 Å². The second-order valence-corrected chi connectivity index (χ2v) is 7.75. The first kappa shape index (κ1) is 13.8. The molecule has 0 aromatic rings. The molecule has 1 aliphatic heterocycles. The minimum absolute atomic E-state index is 0.417. The number of nitrogens with zero attached hydrogens (tertiary/aromatic N) is 1. The fourth-order valence-corrected chi connectivity index (χ4v) is 5.28. The molecule has 0 aromatic heterocycles. The molecule has 2 atom stereocenters. The number of thioether (sulfide) groups is 1. The van der Waals surface area contributed by atoms with Crippen molar-refractivity contribution in [1.29, 1.82) is 0 Å². The molecule has 1 spiro atoms. The summed E-state index contributed by atoms with van der Waals surface area (Å²) >= 11 is 1.99. The van der Waals surface area contributed by atoms with Crippen LogP contribution in [0.3, 0.4) is 0 Å². The molecular weight excluding hydrogens is 252 g/mol. The quantitative estimate of drug-likeness (QED) is 0.813. The number of nitrogens with one attached hydrogen (secondary N) is 1. The molecule has 0 aromatic carbocycles. The highest BCUT2D eigenvalue weighted by molar-refractivity contribution is 8.14. The maximum atomic E-state index is 5.05. The van der Waals surface area contributed by atoms with Crippen LogP contribution in [0.5, 0.6) is 0 Å². The van der Waals surface area contributed by atoms with Crippen LogP contribution in [0.25, 0.3) is 0 Å². The summed E-state index contributed by atoms with van der Waals surface area (Å²) in [6.45, 7) is 2.33. The van der Waals surface area contributed by atoms with Crippen molar-refractivity contribution in [2.24, 2.45) is 10.9 Å². The van der Waals surface area contributed by atoms with Crippen LogP contribution in [0.4, 0.5) is 0 Å². The van der Waals surface area contributed by atoms with Crippen LogP contribution >= 0.6 is 11.8 Å². The molecule has 3 aliphatic rings. The van der Waals surface area contributed by atoms with Gasteiger partial charge in [-0.3, -0.25) is 4.99 Å². The summed E-state index contributed by atoms with van der Waals surface area (Å²) in [6, 6.07) is 0.604. The Kier molecular flexibility index (Phi) is 4.40. The summed E-state index contributed by atoms with van der Waals surface area (Å²) in [5.74, 6) is 2.19. The molecule has 1 saturated heterocycles. The lowest BCUT2D eigenvalue weighted by molar-refractivity contribution is 0.300. The Balaban J connectivity index is 1.59. The van der Waals surface area contributed by atoms with E-state index in [-0.39, 0.29) is 0 Å². The van der Waals surface area contributed by atoms with Crippen molar-refractivity contribution in [3.63, 3.8) is 0 Å². The number of hydrogen-bond donors (Lipinski definition) is 1. The molecule has 108 valence electrons. The van der Waals surface area contributed by atoms with Crippen molar-refractivity contribution in [3.05, 3.63) is 0 Å². The van der Waals surface area contributed by atoms with E-state index in [4.69, 9.17) is 4.99 Å². The first-order chi connectivity index (χ1) is 9.30. The van der Waals surface area contributed by atoms with Gasteiger partial charge in [-0.05, 0) is 31.6 Å². The Morgan fingerprint density at radius 1 is 1.21 bits per heavy atom. The minimum atomic E-state index is 0.417. The van der Waals surface area contributed by atoms with Crippen LogP contribution in [0.15, 0.2) is 4.99 Å². The normalized spacial score (nSPS) is 36.6. The molecule has 3 fully saturated rings. The van der Waals surface area contributed by atoms with Crippen molar-refractivity contribution in [2.75, 3.05) is 5.75 Å². The Morgan fingerprint density at radius 2 is 2.05 bits per heavy atom. The van der Waals surface area contributed by atoms with Crippen molar-refractivity contribution in [1.82, 2.24) is 5.32 Å². The van der Waals surface area contributed by atoms with E-state index in [1.807, 2.05) is 11.8 Å². The molecular formula is C16H28N2S. The second-order valence-electron chi connectivity index (χ2n) is 6.78. The van der Waals surface area contributed by atoms with Crippen molar-refractivity contribution in [3.8, 4) is 0 Å². The predicted octanol–water partition coefficient (Wildman–Crippen LogP) is 4.35. The van der Waals surface area contributed by atoms with E-state index in [2.05, 4.69) is 12.2 Å². The van der Waals surface area contributed by atoms with Gasteiger partial charge >= 0.3 is 0 Å². The summed E-state index contributed by atoms with van der Waals surface area (Å²) < 4.78 is 0. The van der Waals surface area contributed by atoms with Gasteiger partial charge in [0.2, 0.25) is 0 Å². The third-order valence-corrected chi connectivity index (χ3v) is 6.48. The van der Waals surface area contributed by atoms with Gasteiger partial charge in [-0.15, -0.1) is 0 Å². The van der Waals surface area contributed by atoms with Gasteiger partial charge in [0, 0.05) is 11.3 Å². The van der Waals surface area contributed by atoms with E-state index in [1.54, 1.807) is 0 Å². The van der Waals surface area contributed by atoms with Crippen LogP contribution in [0, 0.1) is 5.92 Å². The van der Waals surface area contributed by atoms with E-state index in [1.165, 1.54) is 75.1 Å². The van der Waals surface area contributed by atoms with Crippen LogP contribution in [-0.4, -0.2) is 22.5 Å². The highest BCUT2D eigenvalue weighted by atomic mass is 32.2. The van der Waals surface area contributed by atoms with Crippen LogP contribution < -0.4 is 5.32 Å². The Bertz CT molecular complexity index is 334. The first-order valence-electron chi connectivity index (χ1n) is 8.28. The minimum Gasteiger partial charge on any atom is -0.359 e. The zero-order chi connectivity index (χ0) is 13.1. The highest BCUT2D eigenvalue weighted by Crippen LogP contribution is 2.37. The van der Waals surface area contributed by atoms with Crippen molar-refractivity contribution < 1.29 is 0 Å². The summed E-state index contributed by atoms with van der Waals surface area (Å²) in [4.78, 5) is 5.05. The average Bonchev–Trinajstić information content (AvgIpc) is 2.82. The molecule has 2 unspecified atom stereocenters. The molecule has 3 rings (SSSR count). The lowest BCUT2D eigenvalue weighted by atomic mass is 9.83. The Labute approximate surface area is 122 Å². The van der Waals surface area contributed by atoms with Gasteiger partial charge in [-0.1, -0.05) is 57.2 Å². The molecule has 19 heavy (non-hydrogen) atoms. The summed E-state index contributed by atoms with van der Waals surface area (Å²) in [5, 5.41) is 5.07. The zero-order valence-corrected chi connectivity index (χ0v) is 13.1. The number of amidine groups is 1. The standard InChI is InChI=1S/C16H28N2S/c1-2-13-7-6-8-14(11-13)17-15-18-16(12-19-15)9-4-3-5-10-16/h13-14H,2-12H2,1H3,(H,17,18). The molecule has 0 amide bonds. The van der Waals surface area contributed by atoms with Gasteiger partial charge in [0.15, 0.2) is 5.17 Å². The molecule has 0 radical (unpaired) electrons. The van der Waals surface area contributed by atoms with Gasteiger partial charge in [-0.25, -0.2) is 0 Å². The molecule has 2 saturated carbocycles. The smallest absolute Gasteiger partial charge is 0.157 e.